The standard InChI is InChI=1S/C21H28N4O2/c1-15-13-20(24-17(3)23-15)16(2)25(19-9-11-22-12-10-19)21(26)27-14-18-7-5-4-6-8-18/h4-8,13,16,19,22H,9-12,14H2,1-3H3. The third-order valence-electron chi connectivity index (χ3n) is 4.95. The molecular weight excluding hydrogens is 340 g/mol. The van der Waals surface area contributed by atoms with Gasteiger partial charge in [-0.3, -0.25) is 4.90 Å². The minimum atomic E-state index is -0.285. The second-order valence-corrected chi connectivity index (χ2v) is 7.09. The lowest BCUT2D eigenvalue weighted by atomic mass is 10.0. The predicted octanol–water partition coefficient (Wildman–Crippen LogP) is 3.55. The summed E-state index contributed by atoms with van der Waals surface area (Å²) >= 11 is 0. The lowest BCUT2D eigenvalue weighted by Crippen LogP contribution is -2.47. The summed E-state index contributed by atoms with van der Waals surface area (Å²) in [6.07, 6.45) is 1.54. The highest BCUT2D eigenvalue weighted by Crippen LogP contribution is 2.26. The molecule has 1 atom stereocenters. The van der Waals surface area contributed by atoms with Crippen LogP contribution in [0.25, 0.3) is 0 Å². The first-order valence-corrected chi connectivity index (χ1v) is 9.56. The number of aromatic nitrogens is 2. The van der Waals surface area contributed by atoms with Gasteiger partial charge in [0, 0.05) is 11.7 Å². The Kier molecular flexibility index (Phi) is 6.40. The van der Waals surface area contributed by atoms with E-state index in [9.17, 15) is 4.79 Å². The van der Waals surface area contributed by atoms with Crippen LogP contribution in [0.4, 0.5) is 4.79 Å². The van der Waals surface area contributed by atoms with Gasteiger partial charge in [-0.1, -0.05) is 30.3 Å². The van der Waals surface area contributed by atoms with E-state index in [1.807, 2.05) is 62.1 Å². The molecule has 6 heteroatoms. The Hall–Kier alpha value is -2.47. The molecule has 144 valence electrons. The zero-order chi connectivity index (χ0) is 19.2. The maximum atomic E-state index is 13.0. The Morgan fingerprint density at radius 1 is 1.22 bits per heavy atom. The van der Waals surface area contributed by atoms with Gasteiger partial charge in [-0.15, -0.1) is 0 Å². The molecule has 27 heavy (non-hydrogen) atoms. The summed E-state index contributed by atoms with van der Waals surface area (Å²) in [4.78, 5) is 23.8. The van der Waals surface area contributed by atoms with Crippen LogP contribution >= 0.6 is 0 Å². The van der Waals surface area contributed by atoms with Crippen molar-refractivity contribution in [3.8, 4) is 0 Å². The van der Waals surface area contributed by atoms with Crippen molar-refractivity contribution in [2.75, 3.05) is 13.1 Å². The van der Waals surface area contributed by atoms with Crippen molar-refractivity contribution < 1.29 is 9.53 Å². The molecule has 3 rings (SSSR count). The summed E-state index contributed by atoms with van der Waals surface area (Å²) in [5.74, 6) is 0.722. The number of nitrogens with one attached hydrogen (secondary N) is 1. The molecule has 0 aliphatic carbocycles. The van der Waals surface area contributed by atoms with Crippen molar-refractivity contribution in [1.82, 2.24) is 20.2 Å². The Labute approximate surface area is 161 Å². The van der Waals surface area contributed by atoms with Gasteiger partial charge in [-0.2, -0.15) is 0 Å². The average Bonchev–Trinajstić information content (AvgIpc) is 2.67. The van der Waals surface area contributed by atoms with Crippen LogP contribution < -0.4 is 5.32 Å². The predicted molar refractivity (Wildman–Crippen MR) is 104 cm³/mol. The largest absolute Gasteiger partial charge is 0.445 e. The van der Waals surface area contributed by atoms with Gasteiger partial charge in [0.2, 0.25) is 0 Å². The van der Waals surface area contributed by atoms with Crippen LogP contribution in [-0.2, 0) is 11.3 Å². The summed E-state index contributed by atoms with van der Waals surface area (Å²) in [5, 5.41) is 3.36. The van der Waals surface area contributed by atoms with Gasteiger partial charge in [0.1, 0.15) is 12.4 Å². The number of hydrogen-bond donors (Lipinski definition) is 1. The summed E-state index contributed by atoms with van der Waals surface area (Å²) < 4.78 is 5.67. The molecule has 1 aliphatic heterocycles. The van der Waals surface area contributed by atoms with Gasteiger partial charge >= 0.3 is 6.09 Å². The molecule has 1 aromatic carbocycles. The number of amides is 1. The fraction of sp³-hybridized carbons (Fsp3) is 0.476. The number of hydrogen-bond acceptors (Lipinski definition) is 5. The number of piperidine rings is 1. The quantitative estimate of drug-likeness (QED) is 0.874. The highest BCUT2D eigenvalue weighted by molar-refractivity contribution is 5.68. The van der Waals surface area contributed by atoms with Gasteiger partial charge in [-0.05, 0) is 58.3 Å². The topological polar surface area (TPSA) is 67.3 Å². The fourth-order valence-electron chi connectivity index (χ4n) is 3.60. The molecule has 0 saturated carbocycles. The van der Waals surface area contributed by atoms with Crippen molar-refractivity contribution >= 4 is 6.09 Å². The van der Waals surface area contributed by atoms with Gasteiger partial charge in [0.15, 0.2) is 0 Å². The van der Waals surface area contributed by atoms with Crippen LogP contribution in [0, 0.1) is 13.8 Å². The summed E-state index contributed by atoms with van der Waals surface area (Å²) in [7, 11) is 0. The van der Waals surface area contributed by atoms with Crippen molar-refractivity contribution in [1.29, 1.82) is 0 Å². The smallest absolute Gasteiger partial charge is 0.410 e. The average molecular weight is 368 g/mol. The minimum absolute atomic E-state index is 0.139. The first-order chi connectivity index (χ1) is 13.0. The first-order valence-electron chi connectivity index (χ1n) is 9.56. The van der Waals surface area contributed by atoms with Crippen LogP contribution in [0.1, 0.15) is 48.6 Å². The number of rotatable bonds is 5. The van der Waals surface area contributed by atoms with Crippen LogP contribution in [0.15, 0.2) is 36.4 Å². The van der Waals surface area contributed by atoms with Crippen molar-refractivity contribution in [3.05, 3.63) is 59.2 Å². The monoisotopic (exact) mass is 368 g/mol. The highest BCUT2D eigenvalue weighted by atomic mass is 16.6. The van der Waals surface area contributed by atoms with Gasteiger partial charge < -0.3 is 10.1 Å². The number of ether oxygens (including phenoxy) is 1. The van der Waals surface area contributed by atoms with E-state index >= 15 is 0 Å². The third kappa shape index (κ3) is 5.04. The van der Waals surface area contributed by atoms with E-state index in [-0.39, 0.29) is 24.8 Å². The van der Waals surface area contributed by atoms with Gasteiger partial charge in [-0.25, -0.2) is 14.8 Å². The molecule has 1 saturated heterocycles. The molecule has 1 aliphatic rings. The molecule has 1 fully saturated rings. The van der Waals surface area contributed by atoms with Gasteiger partial charge in [0.05, 0.1) is 11.7 Å². The summed E-state index contributed by atoms with van der Waals surface area (Å²) in [5.41, 5.74) is 2.75. The number of nitrogens with zero attached hydrogens (tertiary/aromatic N) is 3. The molecular formula is C21H28N4O2. The normalized spacial score (nSPS) is 16.0. The van der Waals surface area contributed by atoms with Crippen molar-refractivity contribution in [3.63, 3.8) is 0 Å². The SMILES string of the molecule is Cc1cc(C(C)N(C(=O)OCc2ccccc2)C2CCNCC2)nc(C)n1. The van der Waals surface area contributed by atoms with E-state index < -0.39 is 0 Å². The van der Waals surface area contributed by atoms with E-state index in [2.05, 4.69) is 15.3 Å². The molecule has 0 bridgehead atoms. The third-order valence-corrected chi connectivity index (χ3v) is 4.95. The molecule has 6 nitrogen and oxygen atoms in total. The van der Waals surface area contributed by atoms with Crippen LogP contribution in [0.3, 0.4) is 0 Å². The zero-order valence-electron chi connectivity index (χ0n) is 16.3. The molecule has 0 spiro atoms. The lowest BCUT2D eigenvalue weighted by Gasteiger charge is -2.37. The second kappa shape index (κ2) is 8.95. The molecule has 1 N–H and O–H groups in total. The Balaban J connectivity index is 1.80. The number of carbonyl (C=O) groups is 1. The number of carbonyl (C=O) groups excluding carboxylic acids is 1. The second-order valence-electron chi connectivity index (χ2n) is 7.09. The van der Waals surface area contributed by atoms with Crippen LogP contribution in [-0.4, -0.2) is 40.1 Å². The van der Waals surface area contributed by atoms with E-state index in [1.54, 1.807) is 0 Å². The summed E-state index contributed by atoms with van der Waals surface area (Å²) in [6, 6.07) is 11.7. The summed E-state index contributed by atoms with van der Waals surface area (Å²) in [6.45, 7) is 7.94. The minimum Gasteiger partial charge on any atom is -0.445 e. The lowest BCUT2D eigenvalue weighted by molar-refractivity contribution is 0.0551. The van der Waals surface area contributed by atoms with E-state index in [0.29, 0.717) is 0 Å². The number of aryl methyl sites for hydroxylation is 2. The maximum absolute atomic E-state index is 13.0. The Bertz CT molecular complexity index is 740. The molecule has 1 amide bonds. The maximum Gasteiger partial charge on any atom is 0.410 e. The van der Waals surface area contributed by atoms with Gasteiger partial charge in [0.25, 0.3) is 0 Å². The molecule has 0 radical (unpaired) electrons. The van der Waals surface area contributed by atoms with Crippen LogP contribution in [0.5, 0.6) is 0 Å². The van der Waals surface area contributed by atoms with Crippen molar-refractivity contribution in [2.45, 2.75) is 52.3 Å². The van der Waals surface area contributed by atoms with E-state index in [1.165, 1.54) is 0 Å². The molecule has 2 heterocycles. The van der Waals surface area contributed by atoms with Crippen LogP contribution in [0.2, 0.25) is 0 Å². The highest BCUT2D eigenvalue weighted by Gasteiger charge is 2.32. The van der Waals surface area contributed by atoms with E-state index in [0.717, 1.165) is 48.7 Å². The Morgan fingerprint density at radius 2 is 1.93 bits per heavy atom. The molecule has 1 aromatic heterocycles. The van der Waals surface area contributed by atoms with Crippen molar-refractivity contribution in [2.24, 2.45) is 0 Å². The zero-order valence-corrected chi connectivity index (χ0v) is 16.3. The molecule has 1 unspecified atom stereocenters. The number of benzene rings is 1. The molecule has 2 aromatic rings. The van der Waals surface area contributed by atoms with E-state index in [4.69, 9.17) is 4.74 Å². The first kappa shape index (κ1) is 19.3. The Morgan fingerprint density at radius 3 is 2.59 bits per heavy atom. The fourth-order valence-corrected chi connectivity index (χ4v) is 3.60.